The Morgan fingerprint density at radius 1 is 0.967 bits per heavy atom. The highest BCUT2D eigenvalue weighted by Gasteiger charge is 2.17. The van der Waals surface area contributed by atoms with Gasteiger partial charge in [-0.05, 0) is 12.8 Å². The van der Waals surface area contributed by atoms with E-state index < -0.39 is 0 Å². The zero-order valence-electron chi connectivity index (χ0n) is 18.7. The zero-order chi connectivity index (χ0) is 21.6. The van der Waals surface area contributed by atoms with Gasteiger partial charge in [-0.25, -0.2) is 0 Å². The number of esters is 1. The van der Waals surface area contributed by atoms with E-state index in [1.54, 1.807) is 6.20 Å². The molecule has 2 rings (SSSR count). The predicted molar refractivity (Wildman–Crippen MR) is 121 cm³/mol. The van der Waals surface area contributed by atoms with E-state index in [4.69, 9.17) is 9.47 Å². The number of ether oxygens (including phenoxy) is 2. The average Bonchev–Trinajstić information content (AvgIpc) is 2.78. The predicted octanol–water partition coefficient (Wildman–Crippen LogP) is 6.61. The Balaban J connectivity index is 1.95. The van der Waals surface area contributed by atoms with Crippen LogP contribution in [-0.4, -0.2) is 22.5 Å². The number of nitrogens with zero attached hydrogens (tertiary/aromatic N) is 2. The molecule has 1 heterocycles. The molecule has 0 radical (unpaired) electrons. The van der Waals surface area contributed by atoms with Gasteiger partial charge in [0.25, 0.3) is 0 Å². The smallest absolute Gasteiger partial charge is 0.325 e. The molecule has 1 aromatic carbocycles. The normalized spacial score (nSPS) is 11.8. The van der Waals surface area contributed by atoms with Crippen LogP contribution in [0.5, 0.6) is 11.8 Å². The summed E-state index contributed by atoms with van der Waals surface area (Å²) in [6.45, 7) is 6.66. The molecule has 1 aromatic heterocycles. The summed E-state index contributed by atoms with van der Waals surface area (Å²) in [6, 6.07) is 9.85. The Hall–Kier alpha value is -2.43. The van der Waals surface area contributed by atoms with Crippen LogP contribution in [0.25, 0.3) is 11.3 Å². The standard InChI is InChI=1S/C25H36N2O3/c1-4-6-7-8-9-10-11-15-18-29-22-19-26-25(30-24(28)20(3)5-2)27-23(22)21-16-13-12-14-17-21/h12-14,16-17,19-20H,4-11,15,18H2,1-3H3. The van der Waals surface area contributed by atoms with Crippen molar-refractivity contribution in [3.8, 4) is 23.0 Å². The Morgan fingerprint density at radius 2 is 1.63 bits per heavy atom. The first-order chi connectivity index (χ1) is 14.7. The molecule has 5 nitrogen and oxygen atoms in total. The first kappa shape index (κ1) is 23.8. The van der Waals surface area contributed by atoms with Crippen molar-refractivity contribution in [1.29, 1.82) is 0 Å². The summed E-state index contributed by atoms with van der Waals surface area (Å²) in [5.41, 5.74) is 1.56. The molecule has 0 amide bonds. The Labute approximate surface area is 181 Å². The van der Waals surface area contributed by atoms with Crippen LogP contribution in [0.1, 0.15) is 78.6 Å². The highest BCUT2D eigenvalue weighted by Crippen LogP contribution is 2.29. The van der Waals surface area contributed by atoms with E-state index in [2.05, 4.69) is 16.9 Å². The second-order valence-electron chi connectivity index (χ2n) is 7.79. The van der Waals surface area contributed by atoms with Crippen molar-refractivity contribution in [1.82, 2.24) is 9.97 Å². The average molecular weight is 413 g/mol. The number of hydrogen-bond acceptors (Lipinski definition) is 5. The van der Waals surface area contributed by atoms with Crippen molar-refractivity contribution in [3.63, 3.8) is 0 Å². The molecule has 0 aliphatic heterocycles. The summed E-state index contributed by atoms with van der Waals surface area (Å²) in [7, 11) is 0. The fraction of sp³-hybridized carbons (Fsp3) is 0.560. The molecule has 2 aromatic rings. The molecule has 0 saturated heterocycles. The van der Waals surface area contributed by atoms with Crippen LogP contribution in [0, 0.1) is 5.92 Å². The van der Waals surface area contributed by atoms with Gasteiger partial charge in [0.2, 0.25) is 0 Å². The third-order valence-corrected chi connectivity index (χ3v) is 5.24. The molecule has 1 unspecified atom stereocenters. The van der Waals surface area contributed by atoms with Crippen molar-refractivity contribution in [2.24, 2.45) is 5.92 Å². The first-order valence-corrected chi connectivity index (χ1v) is 11.4. The van der Waals surface area contributed by atoms with Gasteiger partial charge >= 0.3 is 12.0 Å². The summed E-state index contributed by atoms with van der Waals surface area (Å²) in [4.78, 5) is 20.8. The minimum Gasteiger partial charge on any atom is -0.490 e. The Morgan fingerprint density at radius 3 is 2.30 bits per heavy atom. The molecule has 0 spiro atoms. The first-order valence-electron chi connectivity index (χ1n) is 11.4. The molecule has 0 aliphatic rings. The van der Waals surface area contributed by atoms with Gasteiger partial charge in [-0.15, -0.1) is 0 Å². The van der Waals surface area contributed by atoms with Crippen LogP contribution in [0.15, 0.2) is 36.5 Å². The second kappa shape index (κ2) is 13.7. The van der Waals surface area contributed by atoms with Gasteiger partial charge < -0.3 is 9.47 Å². The Bertz CT molecular complexity index is 749. The molecule has 0 aliphatic carbocycles. The van der Waals surface area contributed by atoms with Crippen LogP contribution < -0.4 is 9.47 Å². The molecule has 0 bridgehead atoms. The van der Waals surface area contributed by atoms with Crippen molar-refractivity contribution in [2.75, 3.05) is 6.61 Å². The zero-order valence-corrected chi connectivity index (χ0v) is 18.7. The van der Waals surface area contributed by atoms with Gasteiger partial charge in [0, 0.05) is 5.56 Å². The van der Waals surface area contributed by atoms with Crippen LogP contribution in [-0.2, 0) is 4.79 Å². The highest BCUT2D eigenvalue weighted by molar-refractivity contribution is 5.74. The number of benzene rings is 1. The van der Waals surface area contributed by atoms with E-state index in [0.717, 1.165) is 18.4 Å². The van der Waals surface area contributed by atoms with E-state index in [0.29, 0.717) is 24.5 Å². The van der Waals surface area contributed by atoms with Crippen molar-refractivity contribution in [3.05, 3.63) is 36.5 Å². The lowest BCUT2D eigenvalue weighted by molar-refractivity contribution is -0.139. The summed E-state index contributed by atoms with van der Waals surface area (Å²) in [5.74, 6) is 0.114. The molecule has 5 heteroatoms. The van der Waals surface area contributed by atoms with Gasteiger partial charge in [-0.1, -0.05) is 96.0 Å². The molecule has 1 atom stereocenters. The SMILES string of the molecule is CCCCCCCCCCOc1cnc(OC(=O)C(C)CC)nc1-c1ccccc1. The maximum Gasteiger partial charge on any atom is 0.325 e. The van der Waals surface area contributed by atoms with Crippen LogP contribution >= 0.6 is 0 Å². The van der Waals surface area contributed by atoms with Gasteiger partial charge in [0.05, 0.1) is 18.7 Å². The minimum atomic E-state index is -0.316. The summed E-state index contributed by atoms with van der Waals surface area (Å²) >= 11 is 0. The quantitative estimate of drug-likeness (QED) is 0.258. The van der Waals surface area contributed by atoms with E-state index in [1.165, 1.54) is 38.5 Å². The van der Waals surface area contributed by atoms with E-state index in [-0.39, 0.29) is 17.9 Å². The number of carbonyl (C=O) groups excluding carboxylic acids is 1. The third kappa shape index (κ3) is 8.13. The lowest BCUT2D eigenvalue weighted by atomic mass is 10.1. The lowest BCUT2D eigenvalue weighted by Gasteiger charge is -2.13. The second-order valence-corrected chi connectivity index (χ2v) is 7.79. The largest absolute Gasteiger partial charge is 0.490 e. The van der Waals surface area contributed by atoms with Gasteiger partial charge in [0.1, 0.15) is 5.69 Å². The molecule has 0 N–H and O–H groups in total. The van der Waals surface area contributed by atoms with Gasteiger partial charge in [-0.3, -0.25) is 4.79 Å². The van der Waals surface area contributed by atoms with Crippen LogP contribution in [0.2, 0.25) is 0 Å². The molecule has 30 heavy (non-hydrogen) atoms. The monoisotopic (exact) mass is 412 g/mol. The highest BCUT2D eigenvalue weighted by atomic mass is 16.5. The number of hydrogen-bond donors (Lipinski definition) is 0. The summed E-state index contributed by atoms with van der Waals surface area (Å²) in [6.07, 6.45) is 12.3. The number of aromatic nitrogens is 2. The number of rotatable bonds is 14. The fourth-order valence-electron chi connectivity index (χ4n) is 3.09. The van der Waals surface area contributed by atoms with Gasteiger partial charge in [0.15, 0.2) is 5.75 Å². The van der Waals surface area contributed by atoms with Gasteiger partial charge in [-0.2, -0.15) is 9.97 Å². The maximum atomic E-state index is 12.1. The fourth-order valence-corrected chi connectivity index (χ4v) is 3.09. The van der Waals surface area contributed by atoms with E-state index in [9.17, 15) is 4.79 Å². The van der Waals surface area contributed by atoms with Crippen LogP contribution in [0.3, 0.4) is 0 Å². The van der Waals surface area contributed by atoms with Crippen LogP contribution in [0.4, 0.5) is 0 Å². The van der Waals surface area contributed by atoms with E-state index >= 15 is 0 Å². The molecule has 0 fully saturated rings. The molecular weight excluding hydrogens is 376 g/mol. The Kier molecular flexibility index (Phi) is 10.9. The minimum absolute atomic E-state index is 0.0681. The number of carbonyl (C=O) groups is 1. The lowest BCUT2D eigenvalue weighted by Crippen LogP contribution is -2.18. The maximum absolute atomic E-state index is 12.1. The van der Waals surface area contributed by atoms with Crippen molar-refractivity contribution >= 4 is 5.97 Å². The topological polar surface area (TPSA) is 61.3 Å². The summed E-state index contributed by atoms with van der Waals surface area (Å²) in [5, 5.41) is 0. The van der Waals surface area contributed by atoms with Crippen molar-refractivity contribution in [2.45, 2.75) is 78.6 Å². The molecule has 0 saturated carbocycles. The van der Waals surface area contributed by atoms with Crippen molar-refractivity contribution < 1.29 is 14.3 Å². The summed E-state index contributed by atoms with van der Waals surface area (Å²) < 4.78 is 11.4. The molecule has 164 valence electrons. The number of unbranched alkanes of at least 4 members (excludes halogenated alkanes) is 7. The molecular formula is C25H36N2O3. The van der Waals surface area contributed by atoms with E-state index in [1.807, 2.05) is 44.2 Å². The third-order valence-electron chi connectivity index (χ3n) is 5.24.